The molecule has 5 nitrogen and oxygen atoms in total. The molecule has 1 aliphatic carbocycles. The third kappa shape index (κ3) is 4.31. The van der Waals surface area contributed by atoms with Crippen LogP contribution in [0.25, 0.3) is 22.3 Å². The fourth-order valence-corrected chi connectivity index (χ4v) is 5.28. The predicted molar refractivity (Wildman–Crippen MR) is 136 cm³/mol. The summed E-state index contributed by atoms with van der Waals surface area (Å²) in [6, 6.07) is 19.1. The largest absolute Gasteiger partial charge is 0.395 e. The van der Waals surface area contributed by atoms with Crippen LogP contribution in [0.15, 0.2) is 67.1 Å². The van der Waals surface area contributed by atoms with Gasteiger partial charge in [0.25, 0.3) is 0 Å². The molecule has 2 heterocycles. The van der Waals surface area contributed by atoms with E-state index in [-0.39, 0.29) is 12.0 Å². The van der Waals surface area contributed by atoms with Crippen LogP contribution in [0.2, 0.25) is 0 Å². The van der Waals surface area contributed by atoms with Crippen LogP contribution in [0.1, 0.15) is 16.7 Å². The Hall–Kier alpha value is -2.67. The van der Waals surface area contributed by atoms with Gasteiger partial charge in [0.05, 0.1) is 31.4 Å². The average molecular weight is 461 g/mol. The van der Waals surface area contributed by atoms with Crippen molar-refractivity contribution in [2.75, 3.05) is 31.5 Å². The molecule has 1 N–H and O–H groups in total. The number of aliphatic hydroxyl groups is 1. The first-order valence-corrected chi connectivity index (χ1v) is 13.5. The molecule has 33 heavy (non-hydrogen) atoms. The van der Waals surface area contributed by atoms with Crippen molar-refractivity contribution < 1.29 is 9.84 Å². The van der Waals surface area contributed by atoms with Gasteiger partial charge in [-0.25, -0.2) is 9.97 Å². The first-order valence-electron chi connectivity index (χ1n) is 11.3. The fourth-order valence-electron chi connectivity index (χ4n) is 4.82. The molecule has 0 aliphatic heterocycles. The molecule has 0 radical (unpaired) electrons. The van der Waals surface area contributed by atoms with Crippen LogP contribution < -0.4 is 0 Å². The standard InChI is InChI=1S/C27H30N3O2S/c1-33(2)13-12-32-19-30-11-10-24-25(28-18-29-26(24)30)20-8-5-9-23(14-20)27(17-31)15-21-6-3-4-7-22(21)16-27/h3-11,14,18,31H,12-13,15-17,19H2,1-2H3/q+1. The van der Waals surface area contributed by atoms with Gasteiger partial charge in [0.2, 0.25) is 0 Å². The predicted octanol–water partition coefficient (Wildman–Crippen LogP) is 3.98. The third-order valence-electron chi connectivity index (χ3n) is 6.65. The van der Waals surface area contributed by atoms with Crippen molar-refractivity contribution in [1.29, 1.82) is 0 Å². The maximum Gasteiger partial charge on any atom is 0.145 e. The van der Waals surface area contributed by atoms with Gasteiger partial charge < -0.3 is 14.4 Å². The molecule has 0 saturated heterocycles. The van der Waals surface area contributed by atoms with Crippen molar-refractivity contribution in [3.8, 4) is 11.3 Å². The van der Waals surface area contributed by atoms with Gasteiger partial charge in [-0.3, -0.25) is 0 Å². The second kappa shape index (κ2) is 9.29. The molecule has 0 saturated carbocycles. The molecule has 0 bridgehead atoms. The molecule has 0 unspecified atom stereocenters. The van der Waals surface area contributed by atoms with Gasteiger partial charge in [0.15, 0.2) is 0 Å². The number of benzene rings is 2. The summed E-state index contributed by atoms with van der Waals surface area (Å²) >= 11 is 0. The molecule has 0 atom stereocenters. The fraction of sp³-hybridized carbons (Fsp3) is 0.333. The summed E-state index contributed by atoms with van der Waals surface area (Å²) in [5.74, 6) is 1.07. The maximum atomic E-state index is 10.5. The van der Waals surface area contributed by atoms with E-state index in [0.29, 0.717) is 17.6 Å². The number of fused-ring (bicyclic) bond motifs is 2. The van der Waals surface area contributed by atoms with E-state index in [4.69, 9.17) is 4.74 Å². The monoisotopic (exact) mass is 460 g/mol. The topological polar surface area (TPSA) is 60.2 Å². The second-order valence-corrected chi connectivity index (χ2v) is 11.5. The lowest BCUT2D eigenvalue weighted by molar-refractivity contribution is 0.0924. The van der Waals surface area contributed by atoms with Crippen LogP contribution >= 0.6 is 0 Å². The molecule has 0 fully saturated rings. The Morgan fingerprint density at radius 3 is 2.55 bits per heavy atom. The summed E-state index contributed by atoms with van der Waals surface area (Å²) in [4.78, 5) is 9.17. The number of aliphatic hydroxyl groups excluding tert-OH is 1. The summed E-state index contributed by atoms with van der Waals surface area (Å²) in [6.45, 7) is 1.36. The Morgan fingerprint density at radius 2 is 1.82 bits per heavy atom. The van der Waals surface area contributed by atoms with Crippen LogP contribution in [-0.4, -0.2) is 51.1 Å². The normalized spacial score (nSPS) is 14.8. The lowest BCUT2D eigenvalue weighted by Crippen LogP contribution is -2.31. The quantitative estimate of drug-likeness (QED) is 0.319. The molecule has 1 aliphatic rings. The number of hydrogen-bond acceptors (Lipinski definition) is 4. The number of rotatable bonds is 8. The Bertz CT molecular complexity index is 1240. The Kier molecular flexibility index (Phi) is 6.23. The zero-order chi connectivity index (χ0) is 22.8. The number of hydrogen-bond donors (Lipinski definition) is 1. The Balaban J connectivity index is 1.45. The molecular formula is C27H30N3O2S+. The molecule has 0 amide bonds. The van der Waals surface area contributed by atoms with Crippen molar-refractivity contribution in [2.45, 2.75) is 25.0 Å². The summed E-state index contributed by atoms with van der Waals surface area (Å²) in [7, 11) is 0.382. The third-order valence-corrected chi connectivity index (χ3v) is 7.63. The smallest absolute Gasteiger partial charge is 0.145 e. The van der Waals surface area contributed by atoms with Gasteiger partial charge in [-0.2, -0.15) is 0 Å². The molecule has 2 aromatic carbocycles. The molecule has 170 valence electrons. The van der Waals surface area contributed by atoms with Gasteiger partial charge in [-0.1, -0.05) is 42.5 Å². The van der Waals surface area contributed by atoms with Gasteiger partial charge in [-0.15, -0.1) is 0 Å². The lowest BCUT2D eigenvalue weighted by Gasteiger charge is -2.27. The van der Waals surface area contributed by atoms with E-state index >= 15 is 0 Å². The number of aromatic nitrogens is 3. The molecule has 6 heteroatoms. The lowest BCUT2D eigenvalue weighted by atomic mass is 9.78. The highest BCUT2D eigenvalue weighted by Gasteiger charge is 2.38. The Labute approximate surface area is 197 Å². The van der Waals surface area contributed by atoms with E-state index in [2.05, 4.69) is 77.1 Å². The number of nitrogens with zero attached hydrogens (tertiary/aromatic N) is 3. The second-order valence-electron chi connectivity index (χ2n) is 9.11. The van der Waals surface area contributed by atoms with Gasteiger partial charge in [0.1, 0.15) is 24.5 Å². The highest BCUT2D eigenvalue weighted by atomic mass is 32.2. The van der Waals surface area contributed by atoms with Crippen molar-refractivity contribution in [2.24, 2.45) is 0 Å². The van der Waals surface area contributed by atoms with E-state index in [1.165, 1.54) is 11.1 Å². The molecular weight excluding hydrogens is 430 g/mol. The first kappa shape index (κ1) is 22.1. The zero-order valence-corrected chi connectivity index (χ0v) is 20.0. The minimum absolute atomic E-state index is 0.120. The van der Waals surface area contributed by atoms with Gasteiger partial charge in [0, 0.05) is 22.6 Å². The van der Waals surface area contributed by atoms with Crippen molar-refractivity contribution in [3.63, 3.8) is 0 Å². The van der Waals surface area contributed by atoms with E-state index in [1.807, 2.05) is 10.8 Å². The van der Waals surface area contributed by atoms with E-state index in [9.17, 15) is 5.11 Å². The highest BCUT2D eigenvalue weighted by Crippen LogP contribution is 2.41. The summed E-state index contributed by atoms with van der Waals surface area (Å²) in [5.41, 5.74) is 6.36. The first-order chi connectivity index (χ1) is 16.1. The van der Waals surface area contributed by atoms with E-state index in [0.717, 1.165) is 53.1 Å². The van der Waals surface area contributed by atoms with Crippen molar-refractivity contribution in [1.82, 2.24) is 14.5 Å². The molecule has 5 rings (SSSR count). The van der Waals surface area contributed by atoms with Crippen LogP contribution in [0.5, 0.6) is 0 Å². The number of ether oxygens (including phenoxy) is 1. The van der Waals surface area contributed by atoms with Crippen LogP contribution in [0.4, 0.5) is 0 Å². The molecule has 0 spiro atoms. The van der Waals surface area contributed by atoms with Crippen molar-refractivity contribution in [3.05, 3.63) is 83.8 Å². The van der Waals surface area contributed by atoms with E-state index in [1.54, 1.807) is 6.33 Å². The maximum absolute atomic E-state index is 10.5. The average Bonchev–Trinajstić information content (AvgIpc) is 3.44. The molecule has 4 aromatic rings. The van der Waals surface area contributed by atoms with Crippen LogP contribution in [-0.2, 0) is 40.6 Å². The minimum atomic E-state index is -0.289. The summed E-state index contributed by atoms with van der Waals surface area (Å²) < 4.78 is 7.91. The zero-order valence-electron chi connectivity index (χ0n) is 19.2. The van der Waals surface area contributed by atoms with Crippen LogP contribution in [0, 0.1) is 0 Å². The van der Waals surface area contributed by atoms with Gasteiger partial charge in [-0.05, 0) is 52.6 Å². The molecule has 2 aromatic heterocycles. The summed E-state index contributed by atoms with van der Waals surface area (Å²) in [6.07, 6.45) is 9.82. The minimum Gasteiger partial charge on any atom is -0.395 e. The SMILES string of the molecule is C[S+](C)CCOCn1ccc2c(-c3cccc(C4(CO)Cc5ccccc5C4)c3)ncnc21. The van der Waals surface area contributed by atoms with Crippen LogP contribution in [0.3, 0.4) is 0 Å². The van der Waals surface area contributed by atoms with Crippen molar-refractivity contribution >= 4 is 21.9 Å². The highest BCUT2D eigenvalue weighted by molar-refractivity contribution is 7.95. The van der Waals surface area contributed by atoms with Gasteiger partial charge >= 0.3 is 0 Å². The Morgan fingerprint density at radius 1 is 1.03 bits per heavy atom. The van der Waals surface area contributed by atoms with E-state index < -0.39 is 0 Å². The summed E-state index contributed by atoms with van der Waals surface area (Å²) in [5, 5.41) is 11.5.